The fourth-order valence-corrected chi connectivity index (χ4v) is 4.06. The first kappa shape index (κ1) is 17.6. The second kappa shape index (κ2) is 8.09. The second-order valence-corrected chi connectivity index (χ2v) is 7.70. The lowest BCUT2D eigenvalue weighted by Crippen LogP contribution is -2.36. The molecule has 0 bridgehead atoms. The molecule has 0 saturated carbocycles. The van der Waals surface area contributed by atoms with Crippen molar-refractivity contribution < 1.29 is 8.42 Å². The summed E-state index contributed by atoms with van der Waals surface area (Å²) in [6.07, 6.45) is 0. The largest absolute Gasteiger partial charge is 0.312 e. The van der Waals surface area contributed by atoms with Gasteiger partial charge in [0.15, 0.2) is 0 Å². The number of rotatable bonds is 9. The van der Waals surface area contributed by atoms with Crippen LogP contribution in [0.4, 0.5) is 0 Å². The van der Waals surface area contributed by atoms with Crippen LogP contribution >= 0.6 is 11.3 Å². The van der Waals surface area contributed by atoms with Crippen LogP contribution in [0.2, 0.25) is 0 Å². The van der Waals surface area contributed by atoms with Gasteiger partial charge in [-0.2, -0.15) is 0 Å². The molecule has 0 fully saturated rings. The first-order valence-corrected chi connectivity index (χ1v) is 9.21. The van der Waals surface area contributed by atoms with Crippen molar-refractivity contribution in [3.63, 3.8) is 0 Å². The highest BCUT2D eigenvalue weighted by Gasteiger charge is 2.19. The fraction of sp³-hybridized carbons (Fsp3) is 0.692. The second-order valence-electron chi connectivity index (χ2n) is 4.96. The maximum atomic E-state index is 12.3. The van der Waals surface area contributed by atoms with E-state index in [2.05, 4.69) is 28.8 Å². The first-order valence-electron chi connectivity index (χ1n) is 6.85. The minimum absolute atomic E-state index is 0.399. The van der Waals surface area contributed by atoms with Gasteiger partial charge < -0.3 is 10.2 Å². The summed E-state index contributed by atoms with van der Waals surface area (Å²) in [5.74, 6) is 0. The van der Waals surface area contributed by atoms with Crippen LogP contribution in [-0.2, 0) is 16.6 Å². The zero-order valence-electron chi connectivity index (χ0n) is 12.6. The van der Waals surface area contributed by atoms with Gasteiger partial charge >= 0.3 is 0 Å². The molecule has 7 heteroatoms. The van der Waals surface area contributed by atoms with Gasteiger partial charge in [-0.15, -0.1) is 11.3 Å². The van der Waals surface area contributed by atoms with E-state index in [0.29, 0.717) is 30.6 Å². The predicted octanol–water partition coefficient (Wildman–Crippen LogP) is 1.48. The van der Waals surface area contributed by atoms with Gasteiger partial charge in [-0.05, 0) is 38.9 Å². The van der Waals surface area contributed by atoms with Gasteiger partial charge in [-0.1, -0.05) is 6.92 Å². The minimum Gasteiger partial charge on any atom is -0.312 e. The molecule has 0 atom stereocenters. The molecule has 1 aromatic rings. The van der Waals surface area contributed by atoms with Crippen molar-refractivity contribution in [2.75, 3.05) is 26.7 Å². The Balaban J connectivity index is 2.62. The molecule has 1 heterocycles. The lowest BCUT2D eigenvalue weighted by Gasteiger charge is -2.20. The Labute approximate surface area is 126 Å². The van der Waals surface area contributed by atoms with Crippen LogP contribution in [0, 0.1) is 0 Å². The third-order valence-electron chi connectivity index (χ3n) is 3.17. The van der Waals surface area contributed by atoms with Crippen LogP contribution in [0.15, 0.2) is 16.3 Å². The Morgan fingerprint density at radius 2 is 2.10 bits per heavy atom. The Morgan fingerprint density at radius 3 is 2.70 bits per heavy atom. The van der Waals surface area contributed by atoms with Gasteiger partial charge in [-0.25, -0.2) is 13.1 Å². The number of hydrogen-bond acceptors (Lipinski definition) is 5. The van der Waals surface area contributed by atoms with E-state index in [1.807, 2.05) is 19.4 Å². The number of thiophene rings is 1. The Hall–Kier alpha value is -0.470. The number of sulfonamides is 1. The van der Waals surface area contributed by atoms with E-state index in [9.17, 15) is 8.42 Å². The van der Waals surface area contributed by atoms with Crippen LogP contribution in [0.3, 0.4) is 0 Å². The van der Waals surface area contributed by atoms with Crippen LogP contribution in [0.1, 0.15) is 25.6 Å². The SMILES string of the molecule is CCNCc1sccc1S(=O)(=O)NCCN(C)C(C)C. The van der Waals surface area contributed by atoms with E-state index < -0.39 is 10.0 Å². The molecule has 0 aliphatic carbocycles. The van der Waals surface area contributed by atoms with E-state index in [-0.39, 0.29) is 0 Å². The maximum absolute atomic E-state index is 12.3. The molecule has 0 spiro atoms. The summed E-state index contributed by atoms with van der Waals surface area (Å²) >= 11 is 1.47. The van der Waals surface area contributed by atoms with E-state index >= 15 is 0 Å². The summed E-state index contributed by atoms with van der Waals surface area (Å²) in [7, 11) is -1.42. The quantitative estimate of drug-likeness (QED) is 0.724. The minimum atomic E-state index is -3.41. The summed E-state index contributed by atoms with van der Waals surface area (Å²) in [6.45, 7) is 8.71. The molecule has 2 N–H and O–H groups in total. The normalized spacial score (nSPS) is 12.5. The highest BCUT2D eigenvalue weighted by molar-refractivity contribution is 7.89. The molecule has 0 unspecified atom stereocenters. The zero-order valence-corrected chi connectivity index (χ0v) is 14.3. The molecule has 20 heavy (non-hydrogen) atoms. The van der Waals surface area contributed by atoms with E-state index in [0.717, 1.165) is 11.4 Å². The average Bonchev–Trinajstić information content (AvgIpc) is 2.84. The smallest absolute Gasteiger partial charge is 0.241 e. The van der Waals surface area contributed by atoms with E-state index in [4.69, 9.17) is 0 Å². The van der Waals surface area contributed by atoms with Crippen molar-refractivity contribution in [2.24, 2.45) is 0 Å². The lowest BCUT2D eigenvalue weighted by atomic mass is 10.3. The fourth-order valence-electron chi connectivity index (χ4n) is 1.63. The van der Waals surface area contributed by atoms with E-state index in [1.54, 1.807) is 6.07 Å². The summed E-state index contributed by atoms with van der Waals surface area (Å²) < 4.78 is 27.2. The zero-order chi connectivity index (χ0) is 15.2. The molecule has 0 aliphatic rings. The van der Waals surface area contributed by atoms with Crippen LogP contribution in [0.5, 0.6) is 0 Å². The third kappa shape index (κ3) is 5.14. The first-order chi connectivity index (χ1) is 9.38. The van der Waals surface area contributed by atoms with Crippen LogP contribution in [0.25, 0.3) is 0 Å². The molecule has 0 aliphatic heterocycles. The summed E-state index contributed by atoms with van der Waals surface area (Å²) in [4.78, 5) is 3.36. The van der Waals surface area contributed by atoms with Gasteiger partial charge in [0.25, 0.3) is 0 Å². The Bertz CT molecular complexity index is 497. The highest BCUT2D eigenvalue weighted by atomic mass is 32.2. The number of hydrogen-bond donors (Lipinski definition) is 2. The van der Waals surface area contributed by atoms with Crippen molar-refractivity contribution >= 4 is 21.4 Å². The summed E-state index contributed by atoms with van der Waals surface area (Å²) in [5, 5.41) is 4.98. The van der Waals surface area contributed by atoms with Crippen LogP contribution in [-0.4, -0.2) is 46.0 Å². The van der Waals surface area contributed by atoms with Gasteiger partial charge in [0.05, 0.1) is 4.90 Å². The number of likely N-dealkylation sites (N-methyl/N-ethyl adjacent to an activating group) is 1. The Kier molecular flexibility index (Phi) is 7.11. The molecule has 1 rings (SSSR count). The lowest BCUT2D eigenvalue weighted by molar-refractivity contribution is 0.278. The topological polar surface area (TPSA) is 61.4 Å². The predicted molar refractivity (Wildman–Crippen MR) is 84.7 cm³/mol. The monoisotopic (exact) mass is 319 g/mol. The van der Waals surface area contributed by atoms with Crippen LogP contribution < -0.4 is 10.0 Å². The van der Waals surface area contributed by atoms with Gasteiger partial charge in [-0.3, -0.25) is 0 Å². The molecule has 0 radical (unpaired) electrons. The third-order valence-corrected chi connectivity index (χ3v) is 5.76. The molecule has 116 valence electrons. The average molecular weight is 319 g/mol. The van der Waals surface area contributed by atoms with Crippen molar-refractivity contribution in [1.29, 1.82) is 0 Å². The molecule has 1 aromatic heterocycles. The standard InChI is InChI=1S/C13H25N3O2S2/c1-5-14-10-12-13(6-9-19-12)20(17,18)15-7-8-16(4)11(2)3/h6,9,11,14-15H,5,7-8,10H2,1-4H3. The molecular weight excluding hydrogens is 294 g/mol. The summed E-state index contributed by atoms with van der Waals surface area (Å²) in [5.41, 5.74) is 0. The van der Waals surface area contributed by atoms with Crippen molar-refractivity contribution in [3.05, 3.63) is 16.3 Å². The Morgan fingerprint density at radius 1 is 1.40 bits per heavy atom. The highest BCUT2D eigenvalue weighted by Crippen LogP contribution is 2.21. The van der Waals surface area contributed by atoms with Crippen molar-refractivity contribution in [3.8, 4) is 0 Å². The molecule has 0 aromatic carbocycles. The van der Waals surface area contributed by atoms with Gasteiger partial charge in [0.1, 0.15) is 0 Å². The molecule has 0 saturated heterocycles. The molecular formula is C13H25N3O2S2. The number of nitrogens with zero attached hydrogens (tertiary/aromatic N) is 1. The van der Waals surface area contributed by atoms with Crippen molar-refractivity contribution in [2.45, 2.75) is 38.3 Å². The molecule has 0 amide bonds. The molecule has 5 nitrogen and oxygen atoms in total. The van der Waals surface area contributed by atoms with Crippen molar-refractivity contribution in [1.82, 2.24) is 14.9 Å². The van der Waals surface area contributed by atoms with E-state index in [1.165, 1.54) is 11.3 Å². The van der Waals surface area contributed by atoms with Gasteiger partial charge in [0, 0.05) is 30.6 Å². The maximum Gasteiger partial charge on any atom is 0.241 e. The van der Waals surface area contributed by atoms with Gasteiger partial charge in [0.2, 0.25) is 10.0 Å². The number of nitrogens with one attached hydrogen (secondary N) is 2. The summed E-state index contributed by atoms with van der Waals surface area (Å²) in [6, 6.07) is 2.08.